The maximum atomic E-state index is 12.0. The number of hydrogen-bond acceptors (Lipinski definition) is 5. The van der Waals surface area contributed by atoms with Gasteiger partial charge < -0.3 is 10.1 Å². The molecular formula is C15H17N3O2S. The first-order valence-electron chi connectivity index (χ1n) is 6.53. The number of nitrogens with zero attached hydrogens (tertiary/aromatic N) is 2. The van der Waals surface area contributed by atoms with Crippen LogP contribution in [0.5, 0.6) is 5.75 Å². The molecule has 0 radical (unpaired) electrons. The van der Waals surface area contributed by atoms with E-state index in [4.69, 9.17) is 4.74 Å². The van der Waals surface area contributed by atoms with Gasteiger partial charge in [-0.1, -0.05) is 23.9 Å². The molecule has 5 nitrogen and oxygen atoms in total. The van der Waals surface area contributed by atoms with Crippen LogP contribution in [0, 0.1) is 0 Å². The van der Waals surface area contributed by atoms with Gasteiger partial charge in [-0.25, -0.2) is 9.97 Å². The topological polar surface area (TPSA) is 64.1 Å². The van der Waals surface area contributed by atoms with E-state index < -0.39 is 0 Å². The van der Waals surface area contributed by atoms with Crippen molar-refractivity contribution in [1.29, 1.82) is 0 Å². The first-order valence-corrected chi connectivity index (χ1v) is 7.41. The highest BCUT2D eigenvalue weighted by Gasteiger charge is 2.15. The summed E-state index contributed by atoms with van der Waals surface area (Å²) >= 11 is 1.34. The summed E-state index contributed by atoms with van der Waals surface area (Å²) in [6.07, 6.45) is 3.33. The number of hydrogen-bond donors (Lipinski definition) is 1. The molecule has 6 heteroatoms. The van der Waals surface area contributed by atoms with E-state index in [1.165, 1.54) is 11.8 Å². The van der Waals surface area contributed by atoms with Crippen LogP contribution in [0.15, 0.2) is 47.9 Å². The molecule has 0 unspecified atom stereocenters. The van der Waals surface area contributed by atoms with Crippen molar-refractivity contribution >= 4 is 17.7 Å². The van der Waals surface area contributed by atoms with Crippen molar-refractivity contribution in [2.75, 3.05) is 7.11 Å². The fraction of sp³-hybridized carbons (Fsp3) is 0.267. The highest BCUT2D eigenvalue weighted by Crippen LogP contribution is 2.18. The molecule has 0 fully saturated rings. The average Bonchev–Trinajstić information content (AvgIpc) is 2.54. The molecule has 0 saturated carbocycles. The van der Waals surface area contributed by atoms with Crippen molar-refractivity contribution in [3.8, 4) is 5.75 Å². The number of nitrogens with one attached hydrogen (secondary N) is 1. The molecule has 0 aliphatic heterocycles. The van der Waals surface area contributed by atoms with Crippen molar-refractivity contribution in [1.82, 2.24) is 15.3 Å². The second-order valence-electron chi connectivity index (χ2n) is 4.36. The lowest BCUT2D eigenvalue weighted by Crippen LogP contribution is -2.30. The Hall–Kier alpha value is -2.08. The first-order chi connectivity index (χ1) is 10.2. The van der Waals surface area contributed by atoms with Gasteiger partial charge in [-0.2, -0.15) is 0 Å². The smallest absolute Gasteiger partial charge is 0.233 e. The van der Waals surface area contributed by atoms with E-state index in [-0.39, 0.29) is 11.2 Å². The quantitative estimate of drug-likeness (QED) is 0.655. The van der Waals surface area contributed by atoms with E-state index in [0.29, 0.717) is 11.7 Å². The fourth-order valence-corrected chi connectivity index (χ4v) is 2.38. The lowest BCUT2D eigenvalue weighted by Gasteiger charge is -2.11. The Kier molecular flexibility index (Phi) is 5.57. The molecule has 2 rings (SSSR count). The first kappa shape index (κ1) is 15.3. The summed E-state index contributed by atoms with van der Waals surface area (Å²) in [5.74, 6) is 0.762. The van der Waals surface area contributed by atoms with Crippen molar-refractivity contribution < 1.29 is 9.53 Å². The molecule has 0 aliphatic rings. The number of carbonyl (C=O) groups excluding carboxylic acids is 1. The summed E-state index contributed by atoms with van der Waals surface area (Å²) in [4.78, 5) is 20.2. The number of rotatable bonds is 6. The van der Waals surface area contributed by atoms with Crippen molar-refractivity contribution in [2.45, 2.75) is 23.9 Å². The van der Waals surface area contributed by atoms with Crippen LogP contribution in [0.3, 0.4) is 0 Å². The Morgan fingerprint density at radius 3 is 2.57 bits per heavy atom. The highest BCUT2D eigenvalue weighted by molar-refractivity contribution is 8.00. The number of benzene rings is 1. The third-order valence-electron chi connectivity index (χ3n) is 2.82. The SMILES string of the molecule is COc1ccc(CNC(=O)[C@@H](C)Sc2ncccn2)cc1. The molecule has 1 aromatic heterocycles. The van der Waals surface area contributed by atoms with Gasteiger partial charge in [0.2, 0.25) is 5.91 Å². The number of methoxy groups -OCH3 is 1. The maximum absolute atomic E-state index is 12.0. The maximum Gasteiger partial charge on any atom is 0.233 e. The third kappa shape index (κ3) is 4.75. The molecule has 21 heavy (non-hydrogen) atoms. The fourth-order valence-electron chi connectivity index (χ4n) is 1.63. The minimum atomic E-state index is -0.245. The molecule has 1 heterocycles. The van der Waals surface area contributed by atoms with Gasteiger partial charge in [0.05, 0.1) is 12.4 Å². The van der Waals surface area contributed by atoms with E-state index in [1.54, 1.807) is 25.6 Å². The molecular weight excluding hydrogens is 286 g/mol. The zero-order chi connectivity index (χ0) is 15.1. The zero-order valence-corrected chi connectivity index (χ0v) is 12.8. The van der Waals surface area contributed by atoms with E-state index in [1.807, 2.05) is 31.2 Å². The number of aromatic nitrogens is 2. The van der Waals surface area contributed by atoms with Crippen molar-refractivity contribution in [3.05, 3.63) is 48.3 Å². The van der Waals surface area contributed by atoms with Crippen LogP contribution in [0.2, 0.25) is 0 Å². The predicted octanol–water partition coefficient (Wildman–Crippen LogP) is 2.28. The molecule has 1 amide bonds. The van der Waals surface area contributed by atoms with E-state index in [9.17, 15) is 4.79 Å². The molecule has 0 aliphatic carbocycles. The molecule has 110 valence electrons. The molecule has 1 atom stereocenters. The van der Waals surface area contributed by atoms with Crippen LogP contribution >= 0.6 is 11.8 Å². The van der Waals surface area contributed by atoms with Gasteiger partial charge in [0.15, 0.2) is 5.16 Å². The van der Waals surface area contributed by atoms with Crippen LogP contribution < -0.4 is 10.1 Å². The Morgan fingerprint density at radius 2 is 1.95 bits per heavy atom. The zero-order valence-electron chi connectivity index (χ0n) is 11.9. The lowest BCUT2D eigenvalue weighted by molar-refractivity contribution is -0.120. The van der Waals surface area contributed by atoms with Crippen molar-refractivity contribution in [3.63, 3.8) is 0 Å². The van der Waals surface area contributed by atoms with Crippen LogP contribution in [-0.2, 0) is 11.3 Å². The third-order valence-corrected chi connectivity index (χ3v) is 3.81. The summed E-state index contributed by atoms with van der Waals surface area (Å²) in [7, 11) is 1.63. The minimum absolute atomic E-state index is 0.0386. The summed E-state index contributed by atoms with van der Waals surface area (Å²) < 4.78 is 5.09. The summed E-state index contributed by atoms with van der Waals surface area (Å²) in [5, 5.41) is 3.26. The van der Waals surface area contributed by atoms with E-state index in [2.05, 4.69) is 15.3 Å². The molecule has 0 saturated heterocycles. The van der Waals surface area contributed by atoms with Gasteiger partial charge in [0, 0.05) is 18.9 Å². The average molecular weight is 303 g/mol. The van der Waals surface area contributed by atoms with Crippen LogP contribution in [0.1, 0.15) is 12.5 Å². The van der Waals surface area contributed by atoms with Gasteiger partial charge in [-0.05, 0) is 30.7 Å². The Labute approximate surface area is 128 Å². The molecule has 0 bridgehead atoms. The van der Waals surface area contributed by atoms with Crippen molar-refractivity contribution in [2.24, 2.45) is 0 Å². The number of amides is 1. The summed E-state index contributed by atoms with van der Waals surface area (Å²) in [6.45, 7) is 2.33. The second-order valence-corrected chi connectivity index (χ2v) is 5.67. The lowest BCUT2D eigenvalue weighted by atomic mass is 10.2. The van der Waals surface area contributed by atoms with E-state index >= 15 is 0 Å². The van der Waals surface area contributed by atoms with Gasteiger partial charge in [-0.15, -0.1) is 0 Å². The number of ether oxygens (including phenoxy) is 1. The molecule has 0 spiro atoms. The Bertz CT molecular complexity index is 575. The Balaban J connectivity index is 1.83. The number of carbonyl (C=O) groups is 1. The molecule has 1 N–H and O–H groups in total. The largest absolute Gasteiger partial charge is 0.497 e. The monoisotopic (exact) mass is 303 g/mol. The highest BCUT2D eigenvalue weighted by atomic mass is 32.2. The standard InChI is InChI=1S/C15H17N3O2S/c1-11(21-15-16-8-3-9-17-15)14(19)18-10-12-4-6-13(20-2)7-5-12/h3-9,11H,10H2,1-2H3,(H,18,19)/t11-/m1/s1. The Morgan fingerprint density at radius 1 is 1.29 bits per heavy atom. The van der Waals surface area contributed by atoms with Gasteiger partial charge in [-0.3, -0.25) is 4.79 Å². The second kappa shape index (κ2) is 7.64. The van der Waals surface area contributed by atoms with Gasteiger partial charge in [0.1, 0.15) is 5.75 Å². The van der Waals surface area contributed by atoms with Crippen LogP contribution in [0.4, 0.5) is 0 Å². The molecule has 1 aromatic carbocycles. The van der Waals surface area contributed by atoms with Gasteiger partial charge >= 0.3 is 0 Å². The van der Waals surface area contributed by atoms with Gasteiger partial charge in [0.25, 0.3) is 0 Å². The summed E-state index contributed by atoms with van der Waals surface area (Å²) in [6, 6.07) is 9.35. The predicted molar refractivity (Wildman–Crippen MR) is 82.2 cm³/mol. The van der Waals surface area contributed by atoms with Crippen LogP contribution in [-0.4, -0.2) is 28.2 Å². The van der Waals surface area contributed by atoms with Crippen LogP contribution in [0.25, 0.3) is 0 Å². The van der Waals surface area contributed by atoms with E-state index in [0.717, 1.165) is 11.3 Å². The minimum Gasteiger partial charge on any atom is -0.497 e. The number of thioether (sulfide) groups is 1. The molecule has 2 aromatic rings. The summed E-state index contributed by atoms with van der Waals surface area (Å²) in [5.41, 5.74) is 1.03. The normalized spacial score (nSPS) is 11.7.